The Hall–Kier alpha value is -3.21. The van der Waals surface area contributed by atoms with E-state index in [-0.39, 0.29) is 22.8 Å². The first-order valence-electron chi connectivity index (χ1n) is 9.06. The average molecular weight is 452 g/mol. The third-order valence-electron chi connectivity index (χ3n) is 4.53. The minimum atomic E-state index is -5.63. The number of sulfonamides is 1. The number of halogens is 3. The lowest BCUT2D eigenvalue weighted by Gasteiger charge is -2.15. The molecule has 0 unspecified atom stereocenters. The minimum absolute atomic E-state index is 0.100. The number of alkyl halides is 3. The summed E-state index contributed by atoms with van der Waals surface area (Å²) < 4.78 is 64.2. The van der Waals surface area contributed by atoms with Crippen molar-refractivity contribution < 1.29 is 21.6 Å². The topological polar surface area (TPSA) is 93.4 Å². The van der Waals surface area contributed by atoms with Crippen LogP contribution in [0.2, 0.25) is 0 Å². The van der Waals surface area contributed by atoms with Crippen LogP contribution >= 0.6 is 0 Å². The lowest BCUT2D eigenvalue weighted by atomic mass is 10.1. The van der Waals surface area contributed by atoms with E-state index in [1.807, 2.05) is 6.92 Å². The number of nitrogens with zero attached hydrogens (tertiary/aromatic N) is 3. The van der Waals surface area contributed by atoms with Crippen LogP contribution in [0, 0.1) is 20.8 Å². The summed E-state index contributed by atoms with van der Waals surface area (Å²) in [5, 5.41) is 4.57. The van der Waals surface area contributed by atoms with Crippen LogP contribution in [0.25, 0.3) is 10.9 Å². The summed E-state index contributed by atoms with van der Waals surface area (Å²) in [5.41, 5.74) is -3.92. The van der Waals surface area contributed by atoms with Crippen LogP contribution < -0.4 is 10.3 Å². The van der Waals surface area contributed by atoms with Gasteiger partial charge in [-0.15, -0.1) is 0 Å². The van der Waals surface area contributed by atoms with Crippen molar-refractivity contribution in [1.29, 1.82) is 0 Å². The van der Waals surface area contributed by atoms with Crippen molar-refractivity contribution in [2.24, 2.45) is 5.10 Å². The molecule has 0 bridgehead atoms. The maximum atomic E-state index is 12.9. The van der Waals surface area contributed by atoms with E-state index >= 15 is 0 Å². The van der Waals surface area contributed by atoms with Crippen LogP contribution in [0.1, 0.15) is 29.4 Å². The zero-order valence-corrected chi connectivity index (χ0v) is 17.9. The SMILES string of the molecule is C/C(=N\n1c(C)nc2cc(C)ccc2c1=O)c1cc(C)ccc1NS(=O)(=O)C(F)(F)F. The molecule has 0 aliphatic heterocycles. The highest BCUT2D eigenvalue weighted by Gasteiger charge is 2.46. The van der Waals surface area contributed by atoms with E-state index in [1.54, 1.807) is 36.8 Å². The van der Waals surface area contributed by atoms with E-state index in [0.717, 1.165) is 10.2 Å². The molecule has 2 aromatic carbocycles. The summed E-state index contributed by atoms with van der Waals surface area (Å²) in [6, 6.07) is 9.29. The van der Waals surface area contributed by atoms with E-state index < -0.39 is 21.1 Å². The summed E-state index contributed by atoms with van der Waals surface area (Å²) in [7, 11) is -5.63. The molecule has 0 atom stereocenters. The first-order chi connectivity index (χ1) is 14.3. The van der Waals surface area contributed by atoms with E-state index in [9.17, 15) is 26.4 Å². The van der Waals surface area contributed by atoms with Crippen LogP contribution in [0.3, 0.4) is 0 Å². The van der Waals surface area contributed by atoms with Gasteiger partial charge in [0.05, 0.1) is 22.3 Å². The minimum Gasteiger partial charge on any atom is -0.275 e. The molecular weight excluding hydrogens is 433 g/mol. The molecular formula is C20H19F3N4O3S. The van der Waals surface area contributed by atoms with Gasteiger partial charge in [0.1, 0.15) is 5.82 Å². The summed E-state index contributed by atoms with van der Waals surface area (Å²) in [6.45, 7) is 6.59. The van der Waals surface area contributed by atoms with Gasteiger partial charge in [0.15, 0.2) is 0 Å². The van der Waals surface area contributed by atoms with Crippen LogP contribution in [-0.4, -0.2) is 29.3 Å². The van der Waals surface area contributed by atoms with Crippen LogP contribution in [0.4, 0.5) is 18.9 Å². The molecule has 11 heteroatoms. The number of aromatic nitrogens is 2. The molecule has 3 aromatic rings. The predicted octanol–water partition coefficient (Wildman–Crippen LogP) is 3.86. The Kier molecular flexibility index (Phi) is 5.66. The number of hydrogen-bond donors (Lipinski definition) is 1. The lowest BCUT2D eigenvalue weighted by molar-refractivity contribution is -0.0429. The van der Waals surface area contributed by atoms with Crippen molar-refractivity contribution in [1.82, 2.24) is 9.66 Å². The zero-order chi connectivity index (χ0) is 23.1. The van der Waals surface area contributed by atoms with E-state index in [2.05, 4.69) is 10.1 Å². The normalized spacial score (nSPS) is 12.9. The van der Waals surface area contributed by atoms with Gasteiger partial charge in [-0.25, -0.2) is 4.98 Å². The maximum Gasteiger partial charge on any atom is 0.516 e. The highest BCUT2D eigenvalue weighted by Crippen LogP contribution is 2.28. The molecule has 0 spiro atoms. The van der Waals surface area contributed by atoms with Crippen molar-refractivity contribution in [3.8, 4) is 0 Å². The van der Waals surface area contributed by atoms with Crippen LogP contribution in [0.15, 0.2) is 46.3 Å². The Balaban J connectivity index is 2.16. The number of fused-ring (bicyclic) bond motifs is 1. The van der Waals surface area contributed by atoms with Gasteiger partial charge in [-0.3, -0.25) is 9.52 Å². The third kappa shape index (κ3) is 4.46. The van der Waals surface area contributed by atoms with Gasteiger partial charge in [0, 0.05) is 5.56 Å². The van der Waals surface area contributed by atoms with Gasteiger partial charge >= 0.3 is 15.5 Å². The Morgan fingerprint density at radius 3 is 2.32 bits per heavy atom. The van der Waals surface area contributed by atoms with Gasteiger partial charge in [0.2, 0.25) is 0 Å². The monoisotopic (exact) mass is 452 g/mol. The molecule has 3 rings (SSSR count). The molecule has 0 fully saturated rings. The molecule has 7 nitrogen and oxygen atoms in total. The molecule has 164 valence electrons. The predicted molar refractivity (Wildman–Crippen MR) is 113 cm³/mol. The van der Waals surface area contributed by atoms with Crippen molar-refractivity contribution in [2.75, 3.05) is 4.72 Å². The van der Waals surface area contributed by atoms with Crippen molar-refractivity contribution >= 4 is 32.3 Å². The first kappa shape index (κ1) is 22.5. The smallest absolute Gasteiger partial charge is 0.275 e. The Bertz CT molecular complexity index is 1380. The fourth-order valence-corrected chi connectivity index (χ4v) is 3.55. The molecule has 31 heavy (non-hydrogen) atoms. The molecule has 0 aliphatic carbocycles. The number of aryl methyl sites for hydroxylation is 3. The van der Waals surface area contributed by atoms with Crippen molar-refractivity contribution in [2.45, 2.75) is 33.2 Å². The highest BCUT2D eigenvalue weighted by atomic mass is 32.2. The molecule has 0 saturated carbocycles. The number of nitrogens with one attached hydrogen (secondary N) is 1. The molecule has 0 saturated heterocycles. The molecule has 0 aliphatic rings. The van der Waals surface area contributed by atoms with Crippen LogP contribution in [-0.2, 0) is 10.0 Å². The van der Waals surface area contributed by atoms with Gasteiger partial charge in [-0.2, -0.15) is 31.4 Å². The second-order valence-electron chi connectivity index (χ2n) is 7.08. The fourth-order valence-electron chi connectivity index (χ4n) is 2.97. The van der Waals surface area contributed by atoms with Gasteiger partial charge < -0.3 is 0 Å². The quantitative estimate of drug-likeness (QED) is 0.609. The number of benzene rings is 2. The summed E-state index contributed by atoms with van der Waals surface area (Å²) in [5.74, 6) is 0.271. The standard InChI is InChI=1S/C20H19F3N4O3S/c1-11-6-8-17(26-31(29,30)20(21,22)23)16(9-11)13(3)25-27-14(4)24-18-10-12(2)5-7-15(18)19(27)28/h5-10,26H,1-4H3/b25-13+. The highest BCUT2D eigenvalue weighted by molar-refractivity contribution is 7.93. The number of hydrogen-bond acceptors (Lipinski definition) is 5. The Labute approximate surface area is 176 Å². The molecule has 1 aromatic heterocycles. The summed E-state index contributed by atoms with van der Waals surface area (Å²) in [6.07, 6.45) is 0. The van der Waals surface area contributed by atoms with Gasteiger partial charge in [-0.1, -0.05) is 17.7 Å². The van der Waals surface area contributed by atoms with Crippen molar-refractivity contribution in [3.05, 3.63) is 69.3 Å². The summed E-state index contributed by atoms with van der Waals surface area (Å²) in [4.78, 5) is 17.3. The van der Waals surface area contributed by atoms with E-state index in [1.165, 1.54) is 25.1 Å². The van der Waals surface area contributed by atoms with E-state index in [0.29, 0.717) is 16.5 Å². The van der Waals surface area contributed by atoms with E-state index in [4.69, 9.17) is 0 Å². The second kappa shape index (κ2) is 7.80. The maximum absolute atomic E-state index is 12.9. The Morgan fingerprint density at radius 2 is 1.68 bits per heavy atom. The van der Waals surface area contributed by atoms with Crippen molar-refractivity contribution in [3.63, 3.8) is 0 Å². The fraction of sp³-hybridized carbons (Fsp3) is 0.250. The molecule has 1 N–H and O–H groups in total. The first-order valence-corrected chi connectivity index (χ1v) is 10.5. The number of rotatable bonds is 4. The lowest BCUT2D eigenvalue weighted by Crippen LogP contribution is -2.30. The Morgan fingerprint density at radius 1 is 1.06 bits per heavy atom. The number of anilines is 1. The molecule has 0 amide bonds. The largest absolute Gasteiger partial charge is 0.516 e. The zero-order valence-electron chi connectivity index (χ0n) is 17.1. The third-order valence-corrected chi connectivity index (χ3v) is 5.63. The van der Waals surface area contributed by atoms with Crippen LogP contribution in [0.5, 0.6) is 0 Å². The molecule has 1 heterocycles. The summed E-state index contributed by atoms with van der Waals surface area (Å²) >= 11 is 0. The second-order valence-corrected chi connectivity index (χ2v) is 8.76. The van der Waals surface area contributed by atoms with Gasteiger partial charge in [0.25, 0.3) is 5.56 Å². The van der Waals surface area contributed by atoms with Gasteiger partial charge in [-0.05, 0) is 57.5 Å². The average Bonchev–Trinajstić information content (AvgIpc) is 2.65. The molecule has 0 radical (unpaired) electrons.